The molecule has 0 radical (unpaired) electrons. The van der Waals surface area contributed by atoms with E-state index in [0.29, 0.717) is 19.3 Å². The molecule has 20 heavy (non-hydrogen) atoms. The van der Waals surface area contributed by atoms with Gasteiger partial charge in [-0.3, -0.25) is 19.7 Å². The molecule has 0 aliphatic carbocycles. The van der Waals surface area contributed by atoms with Gasteiger partial charge in [-0.05, 0) is 19.3 Å². The number of thiocarbonyl (C=S) groups is 1. The second-order valence-corrected chi connectivity index (χ2v) is 5.36. The topological polar surface area (TPSA) is 92.5 Å². The molecule has 112 valence electrons. The van der Waals surface area contributed by atoms with E-state index in [1.807, 2.05) is 13.8 Å². The fourth-order valence-corrected chi connectivity index (χ4v) is 2.94. The average Bonchev–Trinajstić information content (AvgIpc) is 2.39. The molecule has 7 heteroatoms. The fourth-order valence-electron chi connectivity index (χ4n) is 2.57. The molecule has 0 aromatic carbocycles. The molecule has 0 spiro atoms. The summed E-state index contributed by atoms with van der Waals surface area (Å²) in [6.45, 7) is 5.31. The monoisotopic (exact) mass is 299 g/mol. The normalized spacial score (nSPS) is 19.8. The van der Waals surface area contributed by atoms with Crippen molar-refractivity contribution in [3.8, 4) is 0 Å². The maximum Gasteiger partial charge on any atom is 0.249 e. The molecule has 0 aromatic heterocycles. The molecule has 1 heterocycles. The van der Waals surface area contributed by atoms with Crippen molar-refractivity contribution >= 4 is 34.9 Å². The highest BCUT2D eigenvalue weighted by Crippen LogP contribution is 2.31. The van der Waals surface area contributed by atoms with Crippen molar-refractivity contribution in [2.75, 3.05) is 6.54 Å². The van der Waals surface area contributed by atoms with E-state index in [1.165, 1.54) is 4.90 Å². The lowest BCUT2D eigenvalue weighted by atomic mass is 9.80. The number of piperazine rings is 1. The molecule has 1 aliphatic heterocycles. The van der Waals surface area contributed by atoms with Crippen LogP contribution >= 0.6 is 12.2 Å². The number of hydrogen-bond donors (Lipinski definition) is 2. The molecular weight excluding hydrogens is 278 g/mol. The van der Waals surface area contributed by atoms with Crippen LogP contribution in [0.5, 0.6) is 0 Å². The summed E-state index contributed by atoms with van der Waals surface area (Å²) in [4.78, 5) is 37.6. The molecule has 3 N–H and O–H groups in total. The van der Waals surface area contributed by atoms with E-state index in [-0.39, 0.29) is 17.4 Å². The van der Waals surface area contributed by atoms with Crippen LogP contribution in [-0.4, -0.2) is 40.2 Å². The first kappa shape index (κ1) is 16.6. The Morgan fingerprint density at radius 2 is 1.95 bits per heavy atom. The van der Waals surface area contributed by atoms with Crippen LogP contribution in [0.3, 0.4) is 0 Å². The van der Waals surface area contributed by atoms with Crippen molar-refractivity contribution in [1.82, 2.24) is 10.2 Å². The fraction of sp³-hybridized carbons (Fsp3) is 0.692. The minimum atomic E-state index is -0.985. The van der Waals surface area contributed by atoms with Crippen LogP contribution in [0.2, 0.25) is 0 Å². The zero-order valence-electron chi connectivity index (χ0n) is 12.1. The Kier molecular flexibility index (Phi) is 5.21. The molecule has 0 bridgehead atoms. The Balaban J connectivity index is 3.18. The summed E-state index contributed by atoms with van der Waals surface area (Å²) in [7, 11) is 0. The van der Waals surface area contributed by atoms with Gasteiger partial charge in [0.05, 0.1) is 10.4 Å². The maximum absolute atomic E-state index is 12.8. The summed E-state index contributed by atoms with van der Waals surface area (Å²) >= 11 is 5.05. The Labute approximate surface area is 124 Å². The molecule has 1 rings (SSSR count). The third kappa shape index (κ3) is 2.67. The number of nitrogens with two attached hydrogens (primary N) is 1. The van der Waals surface area contributed by atoms with Gasteiger partial charge in [-0.1, -0.05) is 33.0 Å². The quantitative estimate of drug-likeness (QED) is 0.564. The standard InChI is InChI=1S/C13H21N3O3S/c1-4-8-10(18)15-9(17)7-16(8)12(19)13(5-2,6-3)11(14)20/h8H,4-7H2,1-3H3,(H2,14,20)(H,15,17,18). The summed E-state index contributed by atoms with van der Waals surface area (Å²) in [6, 6.07) is -0.646. The van der Waals surface area contributed by atoms with Gasteiger partial charge in [0.15, 0.2) is 0 Å². The Morgan fingerprint density at radius 3 is 2.35 bits per heavy atom. The first-order chi connectivity index (χ1) is 9.33. The van der Waals surface area contributed by atoms with Gasteiger partial charge in [0, 0.05) is 0 Å². The molecule has 3 amide bonds. The zero-order valence-corrected chi connectivity index (χ0v) is 12.9. The smallest absolute Gasteiger partial charge is 0.249 e. The number of carbonyl (C=O) groups excluding carboxylic acids is 3. The first-order valence-corrected chi connectivity index (χ1v) is 7.19. The summed E-state index contributed by atoms with van der Waals surface area (Å²) in [6.07, 6.45) is 1.33. The SMILES string of the molecule is CCC1C(=O)NC(=O)CN1C(=O)C(CC)(CC)C(N)=S. The van der Waals surface area contributed by atoms with Gasteiger partial charge in [0.25, 0.3) is 0 Å². The maximum atomic E-state index is 12.8. The third-order valence-electron chi connectivity index (χ3n) is 3.99. The van der Waals surface area contributed by atoms with Gasteiger partial charge in [0.1, 0.15) is 12.6 Å². The molecule has 1 fully saturated rings. The summed E-state index contributed by atoms with van der Waals surface area (Å²) < 4.78 is 0. The molecule has 0 saturated carbocycles. The Hall–Kier alpha value is -1.50. The lowest BCUT2D eigenvalue weighted by molar-refractivity contribution is -0.154. The van der Waals surface area contributed by atoms with Crippen molar-refractivity contribution in [1.29, 1.82) is 0 Å². The van der Waals surface area contributed by atoms with Crippen LogP contribution in [0, 0.1) is 5.41 Å². The van der Waals surface area contributed by atoms with Crippen LogP contribution < -0.4 is 11.1 Å². The highest BCUT2D eigenvalue weighted by molar-refractivity contribution is 7.80. The number of nitrogens with one attached hydrogen (secondary N) is 1. The minimum absolute atomic E-state index is 0.112. The average molecular weight is 299 g/mol. The second-order valence-electron chi connectivity index (χ2n) is 4.92. The summed E-state index contributed by atoms with van der Waals surface area (Å²) in [5.74, 6) is -1.25. The van der Waals surface area contributed by atoms with Crippen molar-refractivity contribution in [3.63, 3.8) is 0 Å². The number of rotatable bonds is 5. The second kappa shape index (κ2) is 6.30. The van der Waals surface area contributed by atoms with E-state index in [4.69, 9.17) is 18.0 Å². The van der Waals surface area contributed by atoms with Crippen LogP contribution in [0.25, 0.3) is 0 Å². The van der Waals surface area contributed by atoms with E-state index >= 15 is 0 Å². The zero-order chi connectivity index (χ0) is 15.5. The highest BCUT2D eigenvalue weighted by atomic mass is 32.1. The van der Waals surface area contributed by atoms with E-state index in [9.17, 15) is 14.4 Å². The number of imide groups is 1. The highest BCUT2D eigenvalue weighted by Gasteiger charge is 2.46. The molecule has 1 aliphatic rings. The van der Waals surface area contributed by atoms with Crippen LogP contribution in [0.4, 0.5) is 0 Å². The van der Waals surface area contributed by atoms with Crippen molar-refractivity contribution in [2.24, 2.45) is 11.1 Å². The predicted molar refractivity (Wildman–Crippen MR) is 78.7 cm³/mol. The number of nitrogens with zero attached hydrogens (tertiary/aromatic N) is 1. The van der Waals surface area contributed by atoms with Gasteiger partial charge in [0.2, 0.25) is 17.7 Å². The molecular formula is C13H21N3O3S. The van der Waals surface area contributed by atoms with Gasteiger partial charge >= 0.3 is 0 Å². The van der Waals surface area contributed by atoms with Crippen LogP contribution in [-0.2, 0) is 14.4 Å². The predicted octanol–water partition coefficient (Wildman–Crippen LogP) is 0.342. The van der Waals surface area contributed by atoms with Gasteiger partial charge in [-0.15, -0.1) is 0 Å². The molecule has 1 unspecified atom stereocenters. The third-order valence-corrected chi connectivity index (χ3v) is 4.38. The lowest BCUT2D eigenvalue weighted by Gasteiger charge is -2.40. The van der Waals surface area contributed by atoms with Gasteiger partial charge in [-0.2, -0.15) is 0 Å². The lowest BCUT2D eigenvalue weighted by Crippen LogP contribution is -2.63. The molecule has 0 aromatic rings. The van der Waals surface area contributed by atoms with E-state index < -0.39 is 23.3 Å². The molecule has 6 nitrogen and oxygen atoms in total. The molecule has 1 atom stereocenters. The van der Waals surface area contributed by atoms with Crippen molar-refractivity contribution in [3.05, 3.63) is 0 Å². The molecule has 1 saturated heterocycles. The summed E-state index contributed by atoms with van der Waals surface area (Å²) in [5.41, 5.74) is 4.77. The Bertz CT molecular complexity index is 446. The van der Waals surface area contributed by atoms with Gasteiger partial charge < -0.3 is 10.6 Å². The van der Waals surface area contributed by atoms with E-state index in [1.54, 1.807) is 6.92 Å². The number of hydrogen-bond acceptors (Lipinski definition) is 4. The van der Waals surface area contributed by atoms with E-state index in [0.717, 1.165) is 0 Å². The Morgan fingerprint density at radius 1 is 1.40 bits per heavy atom. The van der Waals surface area contributed by atoms with Crippen LogP contribution in [0.1, 0.15) is 40.0 Å². The first-order valence-electron chi connectivity index (χ1n) is 6.78. The largest absolute Gasteiger partial charge is 0.392 e. The van der Waals surface area contributed by atoms with E-state index in [2.05, 4.69) is 5.32 Å². The summed E-state index contributed by atoms with van der Waals surface area (Å²) in [5, 5.41) is 2.25. The van der Waals surface area contributed by atoms with Crippen LogP contribution in [0.15, 0.2) is 0 Å². The van der Waals surface area contributed by atoms with Gasteiger partial charge in [-0.25, -0.2) is 0 Å². The number of carbonyl (C=O) groups is 3. The van der Waals surface area contributed by atoms with Crippen molar-refractivity contribution < 1.29 is 14.4 Å². The van der Waals surface area contributed by atoms with Crippen molar-refractivity contribution in [2.45, 2.75) is 46.1 Å². The minimum Gasteiger partial charge on any atom is -0.392 e. The number of amides is 3.